The fraction of sp³-hybridized carbons (Fsp3) is 0.160. The second-order valence-electron chi connectivity index (χ2n) is 33.3. The normalized spacial score (nSPS) is 13.1. The highest BCUT2D eigenvalue weighted by molar-refractivity contribution is 7.20. The minimum atomic E-state index is -3.18. The largest absolute Gasteiger partial charge is 0.310 e. The van der Waals surface area contributed by atoms with Gasteiger partial charge in [0.15, 0.2) is 8.07 Å². The van der Waals surface area contributed by atoms with Gasteiger partial charge in [0.05, 0.1) is 22.4 Å². The summed E-state index contributed by atoms with van der Waals surface area (Å²) in [6.07, 6.45) is 0. The molecule has 0 bridgehead atoms. The maximum Gasteiger partial charge on any atom is 0.252 e. The van der Waals surface area contributed by atoms with Crippen molar-refractivity contribution in [3.63, 3.8) is 0 Å². The Morgan fingerprint density at radius 2 is 0.610 bits per heavy atom. The van der Waals surface area contributed by atoms with Crippen LogP contribution in [0.2, 0.25) is 0 Å². The highest BCUT2D eigenvalue weighted by Gasteiger charge is 2.48. The van der Waals surface area contributed by atoms with Crippen LogP contribution in [0.25, 0.3) is 72.0 Å². The second-order valence-corrected chi connectivity index (χ2v) is 37.1. The number of aromatic nitrogens is 1. The summed E-state index contributed by atoms with van der Waals surface area (Å²) in [5, 5.41) is 7.86. The van der Waals surface area contributed by atoms with E-state index in [1.807, 2.05) is 0 Å². The zero-order valence-electron chi connectivity index (χ0n) is 62.6. The topological polar surface area (TPSA) is 11.4 Å². The molecule has 512 valence electrons. The standard InChI is InChI=1S/C100H90BN3Si/c1-97(2,3)71-51-56-88-84(59-71)85-60-72(98(4,5)6)52-57-89(85)102(88)75-53-55-86-93(65-75)104(96-82(69-39-24-15-25-40-69)63-74(100(10,11)12)64-83(96)70-41-26-16-27-42-70)92-50-34-49-91-94(92)101(86)87-66-79(105(76-43-28-17-29-44-76,77-45-30-18-31-46-77)78-47-32-19-33-48-78)54-58-90(87)103(91)95-80(67-35-20-13-21-36-67)61-73(99(7,8)9)62-81(95)68-37-22-14-23-38-68/h13-66H,1-12H3. The molecule has 0 unspecified atom stereocenters. The van der Waals surface area contributed by atoms with Crippen LogP contribution in [0.1, 0.15) is 105 Å². The van der Waals surface area contributed by atoms with Gasteiger partial charge in [-0.15, -0.1) is 0 Å². The van der Waals surface area contributed by atoms with E-state index in [1.54, 1.807) is 0 Å². The minimum Gasteiger partial charge on any atom is -0.310 e. The third-order valence-corrected chi connectivity index (χ3v) is 27.3. The predicted molar refractivity (Wildman–Crippen MR) is 455 cm³/mol. The van der Waals surface area contributed by atoms with E-state index in [0.29, 0.717) is 0 Å². The van der Waals surface area contributed by atoms with Crippen LogP contribution < -0.4 is 46.9 Å². The number of fused-ring (bicyclic) bond motifs is 7. The Bertz CT molecular complexity index is 5510. The number of hydrogen-bond acceptors (Lipinski definition) is 2. The summed E-state index contributed by atoms with van der Waals surface area (Å²) in [7, 11) is -3.18. The third-order valence-electron chi connectivity index (χ3n) is 22.5. The molecule has 3 heterocycles. The van der Waals surface area contributed by atoms with Crippen molar-refractivity contribution in [2.45, 2.75) is 105 Å². The fourth-order valence-corrected chi connectivity index (χ4v) is 21.8. The zero-order chi connectivity index (χ0) is 72.3. The zero-order valence-corrected chi connectivity index (χ0v) is 63.6. The van der Waals surface area contributed by atoms with E-state index in [-0.39, 0.29) is 28.4 Å². The lowest BCUT2D eigenvalue weighted by Gasteiger charge is -2.46. The molecule has 0 atom stereocenters. The molecule has 0 fully saturated rings. The van der Waals surface area contributed by atoms with E-state index < -0.39 is 8.07 Å². The Labute approximate surface area is 622 Å². The molecule has 15 aromatic rings. The Morgan fingerprint density at radius 3 is 0.971 bits per heavy atom. The lowest BCUT2D eigenvalue weighted by molar-refractivity contribution is 0.590. The van der Waals surface area contributed by atoms with Gasteiger partial charge in [0.1, 0.15) is 0 Å². The first kappa shape index (κ1) is 67.0. The summed E-state index contributed by atoms with van der Waals surface area (Å²) in [5.41, 5.74) is 28.1. The quantitative estimate of drug-likeness (QED) is 0.0944. The van der Waals surface area contributed by atoms with Crippen LogP contribution >= 0.6 is 0 Å². The summed E-state index contributed by atoms with van der Waals surface area (Å²) in [6.45, 7) is 27.9. The smallest absolute Gasteiger partial charge is 0.252 e. The van der Waals surface area contributed by atoms with Gasteiger partial charge in [0.2, 0.25) is 0 Å². The predicted octanol–water partition coefficient (Wildman–Crippen LogP) is 22.1. The van der Waals surface area contributed by atoms with Gasteiger partial charge in [0.25, 0.3) is 6.71 Å². The Kier molecular flexibility index (Phi) is 16.3. The summed E-state index contributed by atoms with van der Waals surface area (Å²) < 4.78 is 2.57. The van der Waals surface area contributed by atoms with Crippen molar-refractivity contribution in [1.82, 2.24) is 4.57 Å². The maximum atomic E-state index is 2.72. The van der Waals surface area contributed by atoms with Gasteiger partial charge in [-0.05, 0) is 182 Å². The summed E-state index contributed by atoms with van der Waals surface area (Å²) in [4.78, 5) is 5.42. The number of hydrogen-bond donors (Lipinski definition) is 0. The van der Waals surface area contributed by atoms with Crippen LogP contribution in [0.4, 0.5) is 34.1 Å². The van der Waals surface area contributed by atoms with E-state index in [1.165, 1.54) is 103 Å². The van der Waals surface area contributed by atoms with Crippen molar-refractivity contribution < 1.29 is 0 Å². The van der Waals surface area contributed by atoms with E-state index in [2.05, 4.69) is 425 Å². The van der Waals surface area contributed by atoms with Crippen LogP contribution in [0.15, 0.2) is 328 Å². The van der Waals surface area contributed by atoms with E-state index in [9.17, 15) is 0 Å². The van der Waals surface area contributed by atoms with Crippen molar-refractivity contribution in [3.8, 4) is 50.2 Å². The van der Waals surface area contributed by atoms with Gasteiger partial charge in [-0.25, -0.2) is 0 Å². The monoisotopic (exact) mass is 1370 g/mol. The fourth-order valence-electron chi connectivity index (χ4n) is 17.0. The molecule has 105 heavy (non-hydrogen) atoms. The molecule has 0 saturated heterocycles. The average molecular weight is 1370 g/mol. The number of anilines is 6. The highest BCUT2D eigenvalue weighted by atomic mass is 28.3. The molecule has 0 aliphatic carbocycles. The summed E-state index contributed by atoms with van der Waals surface area (Å²) in [5.74, 6) is 0. The third kappa shape index (κ3) is 11.4. The Hall–Kier alpha value is -11.2. The highest BCUT2D eigenvalue weighted by Crippen LogP contribution is 2.55. The van der Waals surface area contributed by atoms with E-state index in [4.69, 9.17) is 0 Å². The summed E-state index contributed by atoms with van der Waals surface area (Å²) >= 11 is 0. The molecule has 0 saturated carbocycles. The first-order valence-electron chi connectivity index (χ1n) is 37.5. The lowest BCUT2D eigenvalue weighted by atomic mass is 9.33. The molecule has 0 radical (unpaired) electrons. The molecule has 2 aliphatic heterocycles. The molecule has 0 amide bonds. The molecule has 17 rings (SSSR count). The molecule has 3 nitrogen and oxygen atoms in total. The molecular formula is C100H90BN3Si. The van der Waals surface area contributed by atoms with Crippen LogP contribution in [0.3, 0.4) is 0 Å². The second kappa shape index (κ2) is 25.6. The van der Waals surface area contributed by atoms with Crippen molar-refractivity contribution in [1.29, 1.82) is 0 Å². The molecular weight excluding hydrogens is 1280 g/mol. The van der Waals surface area contributed by atoms with Crippen LogP contribution in [-0.4, -0.2) is 19.4 Å². The van der Waals surface area contributed by atoms with E-state index in [0.717, 1.165) is 62.1 Å². The SMILES string of the molecule is CC(C)(C)c1cc(-c2ccccc2)c(N2c3ccc([Si](c4ccccc4)(c4ccccc4)c4ccccc4)cc3B3c4ccc(-n5c6ccc(C(C)(C)C)cc6c6cc(C(C)(C)C)ccc65)cc4N(c4c(-c5ccccc5)cc(C(C)(C)C)cc4-c4ccccc4)c4cccc2c43)c(-c2ccccc2)c1. The van der Waals surface area contributed by atoms with Crippen LogP contribution in [-0.2, 0) is 21.7 Å². The van der Waals surface area contributed by atoms with Gasteiger partial charge in [-0.3, -0.25) is 0 Å². The molecule has 0 spiro atoms. The van der Waals surface area contributed by atoms with Gasteiger partial charge < -0.3 is 14.4 Å². The molecule has 5 heteroatoms. The average Bonchev–Trinajstić information content (AvgIpc) is 0.943. The minimum absolute atomic E-state index is 0.0580. The molecule has 2 aliphatic rings. The van der Waals surface area contributed by atoms with Crippen molar-refractivity contribution in [3.05, 3.63) is 350 Å². The maximum absolute atomic E-state index is 3.18. The first-order valence-corrected chi connectivity index (χ1v) is 39.5. The van der Waals surface area contributed by atoms with Crippen molar-refractivity contribution >= 4 is 108 Å². The van der Waals surface area contributed by atoms with Crippen LogP contribution in [0, 0.1) is 0 Å². The summed E-state index contributed by atoms with van der Waals surface area (Å²) in [6, 6.07) is 126. The number of benzene rings is 14. The van der Waals surface area contributed by atoms with Crippen molar-refractivity contribution in [2.24, 2.45) is 0 Å². The van der Waals surface area contributed by atoms with Gasteiger partial charge >= 0.3 is 0 Å². The van der Waals surface area contributed by atoms with Gasteiger partial charge in [-0.2, -0.15) is 0 Å². The van der Waals surface area contributed by atoms with Crippen LogP contribution in [0.5, 0.6) is 0 Å². The van der Waals surface area contributed by atoms with Gasteiger partial charge in [-0.1, -0.05) is 332 Å². The Balaban J connectivity index is 1.06. The van der Waals surface area contributed by atoms with Gasteiger partial charge in [0, 0.05) is 61.5 Å². The van der Waals surface area contributed by atoms with E-state index >= 15 is 0 Å². The number of nitrogens with zero attached hydrogens (tertiary/aromatic N) is 3. The molecule has 14 aromatic carbocycles. The first-order chi connectivity index (χ1) is 50.6. The lowest BCUT2D eigenvalue weighted by Crippen LogP contribution is -2.75. The molecule has 0 N–H and O–H groups in total. The number of rotatable bonds is 11. The van der Waals surface area contributed by atoms with Crippen molar-refractivity contribution in [2.75, 3.05) is 9.80 Å². The Morgan fingerprint density at radius 1 is 0.257 bits per heavy atom. The molecule has 1 aromatic heterocycles.